The van der Waals surface area contributed by atoms with Gasteiger partial charge in [-0.3, -0.25) is 14.8 Å². The van der Waals surface area contributed by atoms with E-state index in [4.69, 9.17) is 4.74 Å². The second-order valence-corrected chi connectivity index (χ2v) is 7.81. The van der Waals surface area contributed by atoms with Gasteiger partial charge in [0.25, 0.3) is 5.56 Å². The van der Waals surface area contributed by atoms with Crippen molar-refractivity contribution in [2.45, 2.75) is 32.1 Å². The van der Waals surface area contributed by atoms with Crippen molar-refractivity contribution in [1.82, 2.24) is 14.5 Å². The standard InChI is InChI=1S/C26H27N3O2/c1-19-23(7-5-14-28-19)24(20-12-15-27-16-13-20)6-3-4-17-31-22-9-10-25-21(18-22)8-11-26(30)29(25)2/h5,7-16,18,24H,3-4,6,17H2,1-2H3. The normalized spacial score (nSPS) is 12.1. The van der Waals surface area contributed by atoms with Gasteiger partial charge in [0, 0.05) is 48.7 Å². The van der Waals surface area contributed by atoms with Gasteiger partial charge in [0.05, 0.1) is 12.1 Å². The van der Waals surface area contributed by atoms with Crippen LogP contribution in [0.25, 0.3) is 10.9 Å². The third-order valence-electron chi connectivity index (χ3n) is 5.78. The summed E-state index contributed by atoms with van der Waals surface area (Å²) in [6, 6.07) is 17.7. The average Bonchev–Trinajstić information content (AvgIpc) is 2.80. The van der Waals surface area contributed by atoms with Gasteiger partial charge in [-0.1, -0.05) is 6.07 Å². The van der Waals surface area contributed by atoms with Crippen molar-refractivity contribution in [2.75, 3.05) is 6.61 Å². The van der Waals surface area contributed by atoms with Gasteiger partial charge in [-0.15, -0.1) is 0 Å². The Morgan fingerprint density at radius 2 is 1.84 bits per heavy atom. The molecule has 4 rings (SSSR count). The van der Waals surface area contributed by atoms with E-state index >= 15 is 0 Å². The van der Waals surface area contributed by atoms with Crippen LogP contribution in [0.5, 0.6) is 5.75 Å². The van der Waals surface area contributed by atoms with Gasteiger partial charge in [0.2, 0.25) is 0 Å². The van der Waals surface area contributed by atoms with E-state index in [9.17, 15) is 4.79 Å². The molecule has 1 aromatic carbocycles. The first-order valence-corrected chi connectivity index (χ1v) is 10.7. The van der Waals surface area contributed by atoms with E-state index in [0.717, 1.165) is 41.6 Å². The number of hydrogen-bond acceptors (Lipinski definition) is 4. The number of ether oxygens (including phenoxy) is 1. The number of benzene rings is 1. The number of fused-ring (bicyclic) bond motifs is 1. The van der Waals surface area contributed by atoms with Gasteiger partial charge >= 0.3 is 0 Å². The first-order valence-electron chi connectivity index (χ1n) is 10.7. The van der Waals surface area contributed by atoms with Gasteiger partial charge in [-0.05, 0) is 79.8 Å². The first-order chi connectivity index (χ1) is 15.1. The van der Waals surface area contributed by atoms with Crippen molar-refractivity contribution in [3.8, 4) is 5.75 Å². The van der Waals surface area contributed by atoms with E-state index in [1.165, 1.54) is 11.1 Å². The molecule has 0 aliphatic rings. The Morgan fingerprint density at radius 1 is 1.00 bits per heavy atom. The highest BCUT2D eigenvalue weighted by Crippen LogP contribution is 2.31. The Bertz CT molecular complexity index is 1220. The summed E-state index contributed by atoms with van der Waals surface area (Å²) in [6.45, 7) is 2.73. The minimum atomic E-state index is -0.00577. The van der Waals surface area contributed by atoms with Crippen molar-refractivity contribution in [2.24, 2.45) is 7.05 Å². The van der Waals surface area contributed by atoms with Crippen molar-refractivity contribution >= 4 is 10.9 Å². The fraction of sp³-hybridized carbons (Fsp3) is 0.269. The van der Waals surface area contributed by atoms with Crippen LogP contribution in [0.4, 0.5) is 0 Å². The molecular weight excluding hydrogens is 386 g/mol. The molecule has 158 valence electrons. The molecule has 0 amide bonds. The molecule has 3 heterocycles. The molecule has 0 aliphatic carbocycles. The number of unbranched alkanes of at least 4 members (excludes halogenated alkanes) is 1. The molecule has 0 radical (unpaired) electrons. The predicted molar refractivity (Wildman–Crippen MR) is 124 cm³/mol. The van der Waals surface area contributed by atoms with E-state index in [2.05, 4.69) is 35.1 Å². The van der Waals surface area contributed by atoms with Gasteiger partial charge < -0.3 is 9.30 Å². The molecule has 4 aromatic rings. The summed E-state index contributed by atoms with van der Waals surface area (Å²) in [4.78, 5) is 20.4. The zero-order valence-electron chi connectivity index (χ0n) is 18.0. The maximum Gasteiger partial charge on any atom is 0.250 e. The molecule has 0 N–H and O–H groups in total. The van der Waals surface area contributed by atoms with E-state index in [-0.39, 0.29) is 5.56 Å². The zero-order chi connectivity index (χ0) is 21.6. The predicted octanol–water partition coefficient (Wildman–Crippen LogP) is 5.02. The van der Waals surface area contributed by atoms with Crippen LogP contribution in [0.2, 0.25) is 0 Å². The van der Waals surface area contributed by atoms with Gasteiger partial charge in [0.15, 0.2) is 0 Å². The Balaban J connectivity index is 1.37. The van der Waals surface area contributed by atoms with Crippen LogP contribution < -0.4 is 10.3 Å². The minimum absolute atomic E-state index is 0.00577. The van der Waals surface area contributed by atoms with E-state index in [1.807, 2.05) is 48.9 Å². The van der Waals surface area contributed by atoms with Crippen molar-refractivity contribution in [3.63, 3.8) is 0 Å². The molecule has 1 atom stereocenters. The first kappa shape index (κ1) is 20.8. The lowest BCUT2D eigenvalue weighted by molar-refractivity contribution is 0.304. The van der Waals surface area contributed by atoms with Gasteiger partial charge in [-0.25, -0.2) is 0 Å². The summed E-state index contributed by atoms with van der Waals surface area (Å²) >= 11 is 0. The van der Waals surface area contributed by atoms with E-state index < -0.39 is 0 Å². The van der Waals surface area contributed by atoms with Crippen LogP contribution in [-0.4, -0.2) is 21.1 Å². The van der Waals surface area contributed by atoms with Crippen molar-refractivity contribution < 1.29 is 4.74 Å². The monoisotopic (exact) mass is 413 g/mol. The molecule has 0 saturated heterocycles. The average molecular weight is 414 g/mol. The number of pyridine rings is 3. The molecule has 5 nitrogen and oxygen atoms in total. The Morgan fingerprint density at radius 3 is 2.65 bits per heavy atom. The maximum absolute atomic E-state index is 11.8. The smallest absolute Gasteiger partial charge is 0.250 e. The molecule has 1 unspecified atom stereocenters. The van der Waals surface area contributed by atoms with Crippen molar-refractivity contribution in [3.05, 3.63) is 100 Å². The lowest BCUT2D eigenvalue weighted by atomic mass is 9.87. The van der Waals surface area contributed by atoms with E-state index in [0.29, 0.717) is 12.5 Å². The summed E-state index contributed by atoms with van der Waals surface area (Å²) in [5, 5.41) is 1.00. The summed E-state index contributed by atoms with van der Waals surface area (Å²) in [6.07, 6.45) is 8.59. The molecule has 0 aliphatic heterocycles. The molecule has 0 bridgehead atoms. The quantitative estimate of drug-likeness (QED) is 0.381. The number of rotatable bonds is 8. The highest BCUT2D eigenvalue weighted by molar-refractivity contribution is 5.80. The van der Waals surface area contributed by atoms with Crippen molar-refractivity contribution in [1.29, 1.82) is 0 Å². The summed E-state index contributed by atoms with van der Waals surface area (Å²) in [7, 11) is 1.79. The maximum atomic E-state index is 11.8. The lowest BCUT2D eigenvalue weighted by Crippen LogP contribution is -2.14. The number of aryl methyl sites for hydroxylation is 2. The summed E-state index contributed by atoms with van der Waals surface area (Å²) in [5.74, 6) is 1.14. The fourth-order valence-electron chi connectivity index (χ4n) is 4.06. The summed E-state index contributed by atoms with van der Waals surface area (Å²) in [5.41, 5.74) is 4.52. The van der Waals surface area contributed by atoms with Crippen LogP contribution in [-0.2, 0) is 7.05 Å². The Hall–Kier alpha value is -3.47. The van der Waals surface area contributed by atoms with Crippen LogP contribution in [0.15, 0.2) is 78.0 Å². The number of aromatic nitrogens is 3. The second-order valence-electron chi connectivity index (χ2n) is 7.81. The fourth-order valence-corrected chi connectivity index (χ4v) is 4.06. The summed E-state index contributed by atoms with van der Waals surface area (Å²) < 4.78 is 7.64. The third-order valence-corrected chi connectivity index (χ3v) is 5.78. The topological polar surface area (TPSA) is 57.0 Å². The van der Waals surface area contributed by atoms with Crippen LogP contribution in [0, 0.1) is 6.92 Å². The molecule has 0 saturated carbocycles. The van der Waals surface area contributed by atoms with E-state index in [1.54, 1.807) is 17.7 Å². The zero-order valence-corrected chi connectivity index (χ0v) is 18.0. The number of hydrogen-bond donors (Lipinski definition) is 0. The van der Waals surface area contributed by atoms with Gasteiger partial charge in [0.1, 0.15) is 5.75 Å². The van der Waals surface area contributed by atoms with Crippen LogP contribution in [0.1, 0.15) is 42.0 Å². The Labute approximate surface area is 182 Å². The molecule has 5 heteroatoms. The molecule has 3 aromatic heterocycles. The lowest BCUT2D eigenvalue weighted by Gasteiger charge is -2.19. The highest BCUT2D eigenvalue weighted by Gasteiger charge is 2.16. The third kappa shape index (κ3) is 4.82. The molecule has 31 heavy (non-hydrogen) atoms. The molecular formula is C26H27N3O2. The largest absolute Gasteiger partial charge is 0.494 e. The Kier molecular flexibility index (Phi) is 6.41. The second kappa shape index (κ2) is 9.56. The highest BCUT2D eigenvalue weighted by atomic mass is 16.5. The SMILES string of the molecule is Cc1ncccc1C(CCCCOc1ccc2c(ccc(=O)n2C)c1)c1ccncc1. The van der Waals surface area contributed by atoms with Crippen LogP contribution >= 0.6 is 0 Å². The molecule has 0 spiro atoms. The number of nitrogens with zero attached hydrogens (tertiary/aromatic N) is 3. The minimum Gasteiger partial charge on any atom is -0.494 e. The molecule has 0 fully saturated rings. The van der Waals surface area contributed by atoms with Crippen LogP contribution in [0.3, 0.4) is 0 Å². The van der Waals surface area contributed by atoms with Gasteiger partial charge in [-0.2, -0.15) is 0 Å².